The Hall–Kier alpha value is -2.87. The summed E-state index contributed by atoms with van der Waals surface area (Å²) in [5.74, 6) is 0.0165. The molecule has 1 amide bonds. The van der Waals surface area contributed by atoms with Crippen molar-refractivity contribution in [3.63, 3.8) is 0 Å². The number of halogens is 1. The fraction of sp³-hybridized carbons (Fsp3) is 0.400. The number of rotatable bonds is 7. The number of carboxylic acid groups (broad SMARTS) is 1. The number of benzene rings is 1. The summed E-state index contributed by atoms with van der Waals surface area (Å²) in [7, 11) is 0. The Kier molecular flexibility index (Phi) is 7.39. The molecule has 0 bridgehead atoms. The molecule has 0 saturated carbocycles. The molecule has 1 N–H and O–H groups in total. The van der Waals surface area contributed by atoms with E-state index in [1.807, 2.05) is 13.8 Å². The van der Waals surface area contributed by atoms with Crippen molar-refractivity contribution in [3.05, 3.63) is 40.9 Å². The summed E-state index contributed by atoms with van der Waals surface area (Å²) in [6.07, 6.45) is 3.49. The van der Waals surface area contributed by atoms with Crippen LogP contribution in [-0.2, 0) is 9.59 Å². The van der Waals surface area contributed by atoms with Gasteiger partial charge in [-0.25, -0.2) is 9.97 Å². The van der Waals surface area contributed by atoms with Crippen LogP contribution in [0.15, 0.2) is 24.5 Å². The first-order chi connectivity index (χ1) is 13.4. The molecule has 1 atom stereocenters. The summed E-state index contributed by atoms with van der Waals surface area (Å²) in [5.41, 5.74) is 1.37. The standard InChI is InChI=1S/C19H20ClN3O5.CH4/c1-3-14(19-21-8-11(2)9-22-19)28-15-7-16-13(6-12(15)20)23(5-4-18(25)26)17(24)10-27-16;/h6-9,14H,3-5,10H2,1-2H3,(H,25,26);1H4/t14-;/m1./s1. The molecule has 0 radical (unpaired) electrons. The van der Waals surface area contributed by atoms with Crippen LogP contribution in [-0.4, -0.2) is 40.1 Å². The van der Waals surface area contributed by atoms with Crippen LogP contribution >= 0.6 is 11.6 Å². The Labute approximate surface area is 174 Å². The molecule has 1 aromatic carbocycles. The van der Waals surface area contributed by atoms with E-state index >= 15 is 0 Å². The molecule has 0 spiro atoms. The van der Waals surface area contributed by atoms with E-state index in [-0.39, 0.29) is 37.9 Å². The molecule has 0 unspecified atom stereocenters. The lowest BCUT2D eigenvalue weighted by atomic mass is 10.2. The molecule has 9 heteroatoms. The summed E-state index contributed by atoms with van der Waals surface area (Å²) in [6.45, 7) is 3.71. The fourth-order valence-corrected chi connectivity index (χ4v) is 2.99. The molecule has 1 aromatic heterocycles. The number of amides is 1. The molecule has 1 aliphatic heterocycles. The van der Waals surface area contributed by atoms with Crippen LogP contribution in [0.4, 0.5) is 5.69 Å². The highest BCUT2D eigenvalue weighted by Gasteiger charge is 2.28. The Morgan fingerprint density at radius 1 is 1.38 bits per heavy atom. The number of anilines is 1. The Morgan fingerprint density at radius 3 is 2.69 bits per heavy atom. The van der Waals surface area contributed by atoms with Crippen LogP contribution in [0.1, 0.15) is 44.7 Å². The largest absolute Gasteiger partial charge is 0.481 e. The van der Waals surface area contributed by atoms with E-state index in [1.165, 1.54) is 4.90 Å². The van der Waals surface area contributed by atoms with Crippen molar-refractivity contribution in [1.29, 1.82) is 0 Å². The number of hydrogen-bond donors (Lipinski definition) is 1. The number of nitrogens with zero attached hydrogens (tertiary/aromatic N) is 3. The highest BCUT2D eigenvalue weighted by molar-refractivity contribution is 6.32. The van der Waals surface area contributed by atoms with Crippen molar-refractivity contribution in [2.45, 2.75) is 40.2 Å². The highest BCUT2D eigenvalue weighted by atomic mass is 35.5. The number of ether oxygens (including phenoxy) is 2. The summed E-state index contributed by atoms with van der Waals surface area (Å²) in [5, 5.41) is 9.18. The molecule has 156 valence electrons. The maximum absolute atomic E-state index is 12.1. The topological polar surface area (TPSA) is 102 Å². The van der Waals surface area contributed by atoms with Gasteiger partial charge in [0.05, 0.1) is 17.1 Å². The van der Waals surface area contributed by atoms with Gasteiger partial charge in [0.25, 0.3) is 5.91 Å². The summed E-state index contributed by atoms with van der Waals surface area (Å²) < 4.78 is 11.5. The third-order valence-corrected chi connectivity index (χ3v) is 4.53. The van der Waals surface area contributed by atoms with E-state index < -0.39 is 12.1 Å². The average molecular weight is 422 g/mol. The molecular formula is C20H24ClN3O5. The Morgan fingerprint density at radius 2 is 2.07 bits per heavy atom. The van der Waals surface area contributed by atoms with Crippen LogP contribution in [0.2, 0.25) is 5.02 Å². The summed E-state index contributed by atoms with van der Waals surface area (Å²) in [4.78, 5) is 33.0. The second kappa shape index (κ2) is 9.56. The number of carboxylic acids is 1. The molecule has 0 aliphatic carbocycles. The predicted molar refractivity (Wildman–Crippen MR) is 109 cm³/mol. The number of aromatic nitrogens is 2. The summed E-state index contributed by atoms with van der Waals surface area (Å²) in [6, 6.07) is 3.16. The SMILES string of the molecule is C.CC[C@@H](Oc1cc2c(cc1Cl)N(CCC(=O)O)C(=O)CO2)c1ncc(C)cn1. The first kappa shape index (κ1) is 22.4. The van der Waals surface area contributed by atoms with Gasteiger partial charge in [-0.15, -0.1) is 0 Å². The number of hydrogen-bond acceptors (Lipinski definition) is 6. The third-order valence-electron chi connectivity index (χ3n) is 4.23. The molecule has 1 aliphatic rings. The molecule has 0 fully saturated rings. The van der Waals surface area contributed by atoms with Gasteiger partial charge < -0.3 is 19.5 Å². The molecule has 2 aromatic rings. The van der Waals surface area contributed by atoms with Crippen molar-refractivity contribution in [2.75, 3.05) is 18.1 Å². The van der Waals surface area contributed by atoms with E-state index in [1.54, 1.807) is 24.5 Å². The minimum Gasteiger partial charge on any atom is -0.481 e. The van der Waals surface area contributed by atoms with Crippen LogP contribution in [0, 0.1) is 6.92 Å². The quantitative estimate of drug-likeness (QED) is 0.725. The monoisotopic (exact) mass is 421 g/mol. The van der Waals surface area contributed by atoms with E-state index in [0.717, 1.165) is 5.56 Å². The van der Waals surface area contributed by atoms with Gasteiger partial charge in [-0.2, -0.15) is 0 Å². The number of carbonyl (C=O) groups is 2. The number of carbonyl (C=O) groups excluding carboxylic acids is 1. The zero-order valence-electron chi connectivity index (χ0n) is 15.5. The van der Waals surface area contributed by atoms with Crippen LogP contribution in [0.25, 0.3) is 0 Å². The second-order valence-electron chi connectivity index (χ2n) is 6.36. The first-order valence-electron chi connectivity index (χ1n) is 8.82. The van der Waals surface area contributed by atoms with Crippen molar-refractivity contribution < 1.29 is 24.2 Å². The molecular weight excluding hydrogens is 398 g/mol. The number of aliphatic carboxylic acids is 1. The molecule has 2 heterocycles. The van der Waals surface area contributed by atoms with E-state index in [0.29, 0.717) is 29.4 Å². The van der Waals surface area contributed by atoms with Gasteiger partial charge in [-0.1, -0.05) is 26.0 Å². The minimum atomic E-state index is -0.990. The lowest BCUT2D eigenvalue weighted by Crippen LogP contribution is -2.40. The van der Waals surface area contributed by atoms with Crippen molar-refractivity contribution >= 4 is 29.2 Å². The third kappa shape index (κ3) is 5.14. The van der Waals surface area contributed by atoms with Gasteiger partial charge in [-0.05, 0) is 25.0 Å². The lowest BCUT2D eigenvalue weighted by molar-refractivity contribution is -0.136. The molecule has 0 saturated heterocycles. The van der Waals surface area contributed by atoms with Gasteiger partial charge in [0.1, 0.15) is 11.5 Å². The van der Waals surface area contributed by atoms with Crippen molar-refractivity contribution in [2.24, 2.45) is 0 Å². The van der Waals surface area contributed by atoms with Crippen LogP contribution in [0.5, 0.6) is 11.5 Å². The van der Waals surface area contributed by atoms with Crippen LogP contribution in [0.3, 0.4) is 0 Å². The highest BCUT2D eigenvalue weighted by Crippen LogP contribution is 2.41. The van der Waals surface area contributed by atoms with Gasteiger partial charge in [0.2, 0.25) is 0 Å². The summed E-state index contributed by atoms with van der Waals surface area (Å²) >= 11 is 6.38. The zero-order valence-corrected chi connectivity index (χ0v) is 16.3. The van der Waals surface area contributed by atoms with E-state index in [4.69, 9.17) is 26.2 Å². The molecule has 29 heavy (non-hydrogen) atoms. The maximum Gasteiger partial charge on any atom is 0.305 e. The van der Waals surface area contributed by atoms with Gasteiger partial charge >= 0.3 is 5.97 Å². The van der Waals surface area contributed by atoms with Crippen molar-refractivity contribution in [1.82, 2.24) is 9.97 Å². The fourth-order valence-electron chi connectivity index (χ4n) is 2.79. The first-order valence-corrected chi connectivity index (χ1v) is 9.20. The van der Waals surface area contributed by atoms with Crippen LogP contribution < -0.4 is 14.4 Å². The molecule has 8 nitrogen and oxygen atoms in total. The Bertz CT molecular complexity index is 888. The smallest absolute Gasteiger partial charge is 0.305 e. The number of aryl methyl sites for hydroxylation is 1. The molecule has 3 rings (SSSR count). The zero-order chi connectivity index (χ0) is 20.3. The normalized spacial score (nSPS) is 13.8. The Balaban J connectivity index is 0.00000300. The van der Waals surface area contributed by atoms with Crippen molar-refractivity contribution in [3.8, 4) is 11.5 Å². The van der Waals surface area contributed by atoms with Gasteiger partial charge in [0.15, 0.2) is 18.5 Å². The average Bonchev–Trinajstić information content (AvgIpc) is 2.66. The predicted octanol–water partition coefficient (Wildman–Crippen LogP) is 3.80. The number of fused-ring (bicyclic) bond motifs is 1. The van der Waals surface area contributed by atoms with Gasteiger partial charge in [-0.3, -0.25) is 9.59 Å². The maximum atomic E-state index is 12.1. The van der Waals surface area contributed by atoms with E-state index in [2.05, 4.69) is 9.97 Å². The minimum absolute atomic E-state index is 0. The second-order valence-corrected chi connectivity index (χ2v) is 6.77. The van der Waals surface area contributed by atoms with Gasteiger partial charge in [0, 0.05) is 25.0 Å². The van der Waals surface area contributed by atoms with E-state index in [9.17, 15) is 9.59 Å². The lowest BCUT2D eigenvalue weighted by Gasteiger charge is -2.30.